The van der Waals surface area contributed by atoms with Gasteiger partial charge in [-0.15, -0.1) is 0 Å². The Kier molecular flexibility index (Phi) is 3.83. The van der Waals surface area contributed by atoms with Crippen LogP contribution in [0.3, 0.4) is 0 Å². The van der Waals surface area contributed by atoms with Gasteiger partial charge < -0.3 is 15.6 Å². The highest BCUT2D eigenvalue weighted by Gasteiger charge is 2.46. The molecule has 0 spiro atoms. The number of aromatic amines is 1. The summed E-state index contributed by atoms with van der Waals surface area (Å²) in [6.45, 7) is 5.81. The van der Waals surface area contributed by atoms with Gasteiger partial charge in [0.05, 0.1) is 6.33 Å². The van der Waals surface area contributed by atoms with Crippen LogP contribution < -0.4 is 10.6 Å². The molecule has 2 unspecified atom stereocenters. The van der Waals surface area contributed by atoms with Crippen LogP contribution in [0, 0.1) is 11.3 Å². The maximum atomic E-state index is 12.3. The minimum Gasteiger partial charge on any atom is -0.357 e. The summed E-state index contributed by atoms with van der Waals surface area (Å²) in [5, 5.41) is 5.48. The zero-order valence-corrected chi connectivity index (χ0v) is 12.4. The van der Waals surface area contributed by atoms with Gasteiger partial charge in [-0.05, 0) is 11.8 Å². The van der Waals surface area contributed by atoms with E-state index in [1.807, 2.05) is 20.8 Å². The molecule has 0 radical (unpaired) electrons. The Labute approximate surface area is 118 Å². The number of carbonyl (C=O) groups excluding carboxylic acids is 2. The molecule has 0 aromatic carbocycles. The Morgan fingerprint density at radius 2 is 2.15 bits per heavy atom. The van der Waals surface area contributed by atoms with Crippen molar-refractivity contribution in [3.63, 3.8) is 0 Å². The van der Waals surface area contributed by atoms with Gasteiger partial charge in [-0.25, -0.2) is 4.98 Å². The van der Waals surface area contributed by atoms with Gasteiger partial charge in [0.2, 0.25) is 11.8 Å². The molecule has 1 fully saturated rings. The predicted octanol–water partition coefficient (Wildman–Crippen LogP) is 0.790. The number of nitrogens with zero attached hydrogens (tertiary/aromatic N) is 1. The molecule has 110 valence electrons. The minimum atomic E-state index is -0.525. The lowest BCUT2D eigenvalue weighted by atomic mass is 9.86. The molecule has 1 aliphatic carbocycles. The third-order valence-corrected chi connectivity index (χ3v) is 3.71. The molecule has 1 saturated carbocycles. The fourth-order valence-corrected chi connectivity index (χ4v) is 2.37. The van der Waals surface area contributed by atoms with Crippen LogP contribution in [-0.4, -0.2) is 34.9 Å². The van der Waals surface area contributed by atoms with Gasteiger partial charge in [0.25, 0.3) is 0 Å². The Morgan fingerprint density at radius 3 is 2.65 bits per heavy atom. The summed E-state index contributed by atoms with van der Waals surface area (Å²) in [4.78, 5) is 31.2. The topological polar surface area (TPSA) is 86.9 Å². The van der Waals surface area contributed by atoms with Crippen LogP contribution >= 0.6 is 0 Å². The van der Waals surface area contributed by atoms with E-state index in [1.54, 1.807) is 19.6 Å². The minimum absolute atomic E-state index is 0.0619. The maximum absolute atomic E-state index is 12.3. The quantitative estimate of drug-likeness (QED) is 0.761. The second kappa shape index (κ2) is 5.26. The molecule has 1 aliphatic rings. The van der Waals surface area contributed by atoms with Crippen molar-refractivity contribution >= 4 is 11.8 Å². The summed E-state index contributed by atoms with van der Waals surface area (Å²) in [5.41, 5.74) is 0.658. The van der Waals surface area contributed by atoms with Gasteiger partial charge in [0.15, 0.2) is 0 Å². The number of hydrogen-bond donors (Lipinski definition) is 3. The van der Waals surface area contributed by atoms with Crippen LogP contribution in [0.4, 0.5) is 0 Å². The number of aromatic nitrogens is 2. The summed E-state index contributed by atoms with van der Waals surface area (Å²) in [6, 6.07) is -0.525. The summed E-state index contributed by atoms with van der Waals surface area (Å²) in [6.07, 6.45) is 4.17. The van der Waals surface area contributed by atoms with Gasteiger partial charge in [-0.1, -0.05) is 20.8 Å². The molecular formula is C14H22N4O2. The number of hydrogen-bond acceptors (Lipinski definition) is 3. The average molecular weight is 278 g/mol. The summed E-state index contributed by atoms with van der Waals surface area (Å²) >= 11 is 0. The Morgan fingerprint density at radius 1 is 1.45 bits per heavy atom. The van der Waals surface area contributed by atoms with E-state index in [4.69, 9.17) is 0 Å². The average Bonchev–Trinajstić information content (AvgIpc) is 3.00. The molecular weight excluding hydrogens is 256 g/mol. The molecule has 1 heterocycles. The first-order chi connectivity index (χ1) is 9.34. The van der Waals surface area contributed by atoms with E-state index in [0.29, 0.717) is 0 Å². The molecule has 3 atom stereocenters. The van der Waals surface area contributed by atoms with E-state index in [-0.39, 0.29) is 29.1 Å². The lowest BCUT2D eigenvalue weighted by Crippen LogP contribution is -2.53. The fourth-order valence-electron chi connectivity index (χ4n) is 2.37. The maximum Gasteiger partial charge on any atom is 0.242 e. The second-order valence-electron chi connectivity index (χ2n) is 6.38. The van der Waals surface area contributed by atoms with Gasteiger partial charge in [0, 0.05) is 30.8 Å². The largest absolute Gasteiger partial charge is 0.357 e. The number of nitrogens with one attached hydrogen (secondary N) is 3. The van der Waals surface area contributed by atoms with Crippen molar-refractivity contribution in [3.8, 4) is 0 Å². The zero-order valence-electron chi connectivity index (χ0n) is 12.4. The number of likely N-dealkylation sites (N-methyl/N-ethyl adjacent to an activating group) is 1. The molecule has 2 amide bonds. The first kappa shape index (κ1) is 14.6. The Balaban J connectivity index is 1.98. The van der Waals surface area contributed by atoms with Gasteiger partial charge in [0.1, 0.15) is 6.04 Å². The third-order valence-electron chi connectivity index (χ3n) is 3.71. The number of amides is 2. The normalized spacial score (nSPS) is 23.0. The van der Waals surface area contributed by atoms with E-state index < -0.39 is 6.04 Å². The van der Waals surface area contributed by atoms with Crippen LogP contribution in [0.5, 0.6) is 0 Å². The van der Waals surface area contributed by atoms with Crippen LogP contribution in [0.25, 0.3) is 0 Å². The molecule has 6 heteroatoms. The highest BCUT2D eigenvalue weighted by atomic mass is 16.2. The van der Waals surface area contributed by atoms with Crippen molar-refractivity contribution in [1.82, 2.24) is 20.6 Å². The number of carbonyl (C=O) groups is 2. The van der Waals surface area contributed by atoms with Crippen molar-refractivity contribution < 1.29 is 9.59 Å². The fraction of sp³-hybridized carbons (Fsp3) is 0.643. The molecule has 0 aliphatic heterocycles. The molecule has 1 aromatic heterocycles. The molecule has 1 aromatic rings. The molecule has 3 N–H and O–H groups in total. The van der Waals surface area contributed by atoms with E-state index in [2.05, 4.69) is 20.6 Å². The van der Waals surface area contributed by atoms with E-state index in [1.165, 1.54) is 0 Å². The van der Waals surface area contributed by atoms with Gasteiger partial charge in [-0.2, -0.15) is 0 Å². The lowest BCUT2D eigenvalue weighted by Gasteiger charge is -2.29. The highest BCUT2D eigenvalue weighted by Crippen LogP contribution is 2.46. The Hall–Kier alpha value is -1.85. The van der Waals surface area contributed by atoms with Crippen molar-refractivity contribution in [2.45, 2.75) is 39.2 Å². The van der Waals surface area contributed by atoms with E-state index in [9.17, 15) is 9.59 Å². The van der Waals surface area contributed by atoms with Crippen molar-refractivity contribution in [1.29, 1.82) is 0 Å². The number of rotatable bonds is 4. The van der Waals surface area contributed by atoms with E-state index in [0.717, 1.165) is 12.1 Å². The number of H-pyrrole nitrogens is 1. The molecule has 2 rings (SSSR count). The molecule has 6 nitrogen and oxygen atoms in total. The van der Waals surface area contributed by atoms with Crippen molar-refractivity contribution in [2.75, 3.05) is 7.05 Å². The SMILES string of the molecule is CNC(=O)C(NC(=O)[C@H]1CC1c1cnc[nH]1)C(C)(C)C. The van der Waals surface area contributed by atoms with Gasteiger partial charge in [-0.3, -0.25) is 9.59 Å². The van der Waals surface area contributed by atoms with Crippen LogP contribution in [0.1, 0.15) is 38.8 Å². The molecule has 20 heavy (non-hydrogen) atoms. The molecule has 0 saturated heterocycles. The van der Waals surface area contributed by atoms with Crippen LogP contribution in [-0.2, 0) is 9.59 Å². The third kappa shape index (κ3) is 3.00. The molecule has 0 bridgehead atoms. The first-order valence-electron chi connectivity index (χ1n) is 6.85. The van der Waals surface area contributed by atoms with Crippen molar-refractivity contribution in [3.05, 3.63) is 18.2 Å². The standard InChI is InChI=1S/C14H22N4O2/c1-14(2,3)11(13(20)15-4)18-12(19)9-5-8(9)10-6-16-7-17-10/h6-9,11H,5H2,1-4H3,(H,15,20)(H,16,17)(H,18,19)/t8?,9-,11?/m0/s1. The smallest absolute Gasteiger partial charge is 0.242 e. The van der Waals surface area contributed by atoms with Crippen LogP contribution in [0.2, 0.25) is 0 Å². The Bertz CT molecular complexity index is 490. The van der Waals surface area contributed by atoms with Crippen molar-refractivity contribution in [2.24, 2.45) is 11.3 Å². The summed E-state index contributed by atoms with van der Waals surface area (Å²) < 4.78 is 0. The first-order valence-corrected chi connectivity index (χ1v) is 6.85. The highest BCUT2D eigenvalue weighted by molar-refractivity contribution is 5.90. The number of imidazole rings is 1. The summed E-state index contributed by atoms with van der Waals surface area (Å²) in [7, 11) is 1.58. The predicted molar refractivity (Wildman–Crippen MR) is 74.9 cm³/mol. The summed E-state index contributed by atoms with van der Waals surface area (Å²) in [5.74, 6) is -0.0922. The van der Waals surface area contributed by atoms with Gasteiger partial charge >= 0.3 is 0 Å². The van der Waals surface area contributed by atoms with E-state index >= 15 is 0 Å². The zero-order chi connectivity index (χ0) is 14.9. The monoisotopic (exact) mass is 278 g/mol. The lowest BCUT2D eigenvalue weighted by molar-refractivity contribution is -0.131. The second-order valence-corrected chi connectivity index (χ2v) is 6.38. The van der Waals surface area contributed by atoms with Crippen LogP contribution in [0.15, 0.2) is 12.5 Å².